The largest absolute Gasteiger partial charge is 0.152 e. The fourth-order valence-corrected chi connectivity index (χ4v) is 1.17. The normalized spacial score (nSPS) is 8.83. The maximum atomic E-state index is 5.89. The van der Waals surface area contributed by atoms with Crippen molar-refractivity contribution < 1.29 is 0 Å². The highest BCUT2D eigenvalue weighted by molar-refractivity contribution is 7.98. The zero-order valence-corrected chi connectivity index (χ0v) is 8.38. The van der Waals surface area contributed by atoms with E-state index < -0.39 is 0 Å². The average molecular weight is 197 g/mol. The van der Waals surface area contributed by atoms with Crippen LogP contribution in [0.25, 0.3) is 0 Å². The Hall–Kier alpha value is -0.580. The van der Waals surface area contributed by atoms with Gasteiger partial charge in [-0.25, -0.2) is 0 Å². The fraction of sp³-hybridized carbons (Fsp3) is 0.200. The fourth-order valence-electron chi connectivity index (χ4n) is 0.766. The van der Waals surface area contributed by atoms with Crippen LogP contribution in [0, 0.1) is 11.8 Å². The summed E-state index contributed by atoms with van der Waals surface area (Å²) in [7, 11) is 0. The Morgan fingerprint density at radius 2 is 2.17 bits per heavy atom. The van der Waals surface area contributed by atoms with Crippen LogP contribution in [0.5, 0.6) is 0 Å². The smallest absolute Gasteiger partial charge is 0.0562 e. The highest BCUT2D eigenvalue weighted by Gasteiger charge is 1.91. The van der Waals surface area contributed by atoms with Crippen molar-refractivity contribution in [3.8, 4) is 11.8 Å². The van der Waals surface area contributed by atoms with Crippen molar-refractivity contribution in [1.82, 2.24) is 0 Å². The molecule has 0 N–H and O–H groups in total. The summed E-state index contributed by atoms with van der Waals surface area (Å²) in [6.07, 6.45) is 2.03. The summed E-state index contributed by atoms with van der Waals surface area (Å²) >= 11 is 7.60. The molecule has 0 radical (unpaired) electrons. The first-order valence-corrected chi connectivity index (χ1v) is 5.34. The Balaban J connectivity index is 2.77. The monoisotopic (exact) mass is 196 g/mol. The van der Waals surface area contributed by atoms with Crippen LogP contribution in [0.1, 0.15) is 5.56 Å². The van der Waals surface area contributed by atoms with Gasteiger partial charge in [0.25, 0.3) is 0 Å². The third-order valence-electron chi connectivity index (χ3n) is 1.31. The molecule has 0 aromatic heterocycles. The molecule has 0 aliphatic carbocycles. The van der Waals surface area contributed by atoms with Crippen molar-refractivity contribution in [2.75, 3.05) is 12.0 Å². The third-order valence-corrected chi connectivity index (χ3v) is 2.08. The highest BCUT2D eigenvalue weighted by atomic mass is 35.5. The van der Waals surface area contributed by atoms with Crippen molar-refractivity contribution in [2.24, 2.45) is 0 Å². The summed E-state index contributed by atoms with van der Waals surface area (Å²) in [6.45, 7) is 0. The molecule has 0 aliphatic rings. The molecule has 1 rings (SSSR count). The highest BCUT2D eigenvalue weighted by Crippen LogP contribution is 2.12. The Morgan fingerprint density at radius 3 is 2.83 bits per heavy atom. The molecular formula is C10H9ClS. The molecule has 0 saturated heterocycles. The minimum absolute atomic E-state index is 0.728. The predicted octanol–water partition coefficient (Wildman–Crippen LogP) is 3.05. The number of halogens is 1. The molecule has 12 heavy (non-hydrogen) atoms. The zero-order chi connectivity index (χ0) is 8.81. The van der Waals surface area contributed by atoms with E-state index in [2.05, 4.69) is 11.8 Å². The Kier molecular flexibility index (Phi) is 4.07. The second kappa shape index (κ2) is 5.13. The van der Waals surface area contributed by atoms with E-state index in [-0.39, 0.29) is 0 Å². The summed E-state index contributed by atoms with van der Waals surface area (Å²) in [5, 5.41) is 0.728. The van der Waals surface area contributed by atoms with Gasteiger partial charge in [0.1, 0.15) is 0 Å². The number of benzene rings is 1. The van der Waals surface area contributed by atoms with Crippen LogP contribution >= 0.6 is 23.4 Å². The van der Waals surface area contributed by atoms with E-state index in [9.17, 15) is 0 Å². The van der Waals surface area contributed by atoms with Crippen molar-refractivity contribution in [3.63, 3.8) is 0 Å². The molecule has 0 spiro atoms. The molecule has 0 fully saturated rings. The minimum Gasteiger partial charge on any atom is -0.152 e. The third kappa shape index (κ3) is 2.81. The van der Waals surface area contributed by atoms with Crippen LogP contribution in [0.2, 0.25) is 5.02 Å². The van der Waals surface area contributed by atoms with Gasteiger partial charge in [0.15, 0.2) is 0 Å². The molecule has 1 aromatic rings. The molecule has 0 heterocycles. The van der Waals surface area contributed by atoms with Crippen LogP contribution in [0.4, 0.5) is 0 Å². The van der Waals surface area contributed by atoms with E-state index in [0.717, 1.165) is 16.3 Å². The Bertz CT molecular complexity index is 309. The van der Waals surface area contributed by atoms with Crippen molar-refractivity contribution in [3.05, 3.63) is 34.9 Å². The van der Waals surface area contributed by atoms with Gasteiger partial charge >= 0.3 is 0 Å². The molecule has 0 atom stereocenters. The van der Waals surface area contributed by atoms with Crippen LogP contribution in [-0.2, 0) is 0 Å². The second-order valence-electron chi connectivity index (χ2n) is 2.21. The molecule has 0 aliphatic heterocycles. The van der Waals surface area contributed by atoms with Crippen molar-refractivity contribution in [2.45, 2.75) is 0 Å². The maximum Gasteiger partial charge on any atom is 0.0562 e. The molecule has 0 bridgehead atoms. The summed E-state index contributed by atoms with van der Waals surface area (Å²) in [5.74, 6) is 6.88. The van der Waals surface area contributed by atoms with E-state index in [4.69, 9.17) is 11.6 Å². The SMILES string of the molecule is CSCC#Cc1ccccc1Cl. The van der Waals surface area contributed by atoms with Gasteiger partial charge in [-0.15, -0.1) is 0 Å². The van der Waals surface area contributed by atoms with Gasteiger partial charge in [0, 0.05) is 5.56 Å². The number of rotatable bonds is 1. The first-order chi connectivity index (χ1) is 5.84. The minimum atomic E-state index is 0.728. The lowest BCUT2D eigenvalue weighted by Gasteiger charge is -1.91. The molecule has 0 unspecified atom stereocenters. The first-order valence-electron chi connectivity index (χ1n) is 3.57. The molecule has 0 nitrogen and oxygen atoms in total. The molecular weight excluding hydrogens is 188 g/mol. The average Bonchev–Trinajstić information content (AvgIpc) is 2.09. The molecule has 0 saturated carbocycles. The summed E-state index contributed by atoms with van der Waals surface area (Å²) < 4.78 is 0. The lowest BCUT2D eigenvalue weighted by molar-refractivity contribution is 1.64. The van der Waals surface area contributed by atoms with Gasteiger partial charge in [-0.1, -0.05) is 35.6 Å². The molecule has 62 valence electrons. The second-order valence-corrected chi connectivity index (χ2v) is 3.49. The number of hydrogen-bond donors (Lipinski definition) is 0. The Labute approximate surface area is 82.3 Å². The summed E-state index contributed by atoms with van der Waals surface area (Å²) in [6, 6.07) is 7.62. The summed E-state index contributed by atoms with van der Waals surface area (Å²) in [4.78, 5) is 0. The number of hydrogen-bond acceptors (Lipinski definition) is 1. The van der Waals surface area contributed by atoms with Gasteiger partial charge in [-0.3, -0.25) is 0 Å². The lowest BCUT2D eigenvalue weighted by Crippen LogP contribution is -1.75. The van der Waals surface area contributed by atoms with E-state index in [1.807, 2.05) is 30.5 Å². The molecule has 0 amide bonds. The van der Waals surface area contributed by atoms with Crippen molar-refractivity contribution in [1.29, 1.82) is 0 Å². The van der Waals surface area contributed by atoms with Crippen LogP contribution in [-0.4, -0.2) is 12.0 Å². The standard InChI is InChI=1S/C10H9ClS/c1-12-8-4-6-9-5-2-3-7-10(9)11/h2-3,5,7H,8H2,1H3. The van der Waals surface area contributed by atoms with E-state index >= 15 is 0 Å². The summed E-state index contributed by atoms with van der Waals surface area (Å²) in [5.41, 5.74) is 0.910. The maximum absolute atomic E-state index is 5.89. The van der Waals surface area contributed by atoms with Crippen molar-refractivity contribution >= 4 is 23.4 Å². The zero-order valence-electron chi connectivity index (χ0n) is 6.80. The Morgan fingerprint density at radius 1 is 1.42 bits per heavy atom. The van der Waals surface area contributed by atoms with Gasteiger partial charge in [-0.05, 0) is 18.4 Å². The number of thioether (sulfide) groups is 1. The van der Waals surface area contributed by atoms with Gasteiger partial charge in [0.2, 0.25) is 0 Å². The van der Waals surface area contributed by atoms with Crippen LogP contribution in [0.3, 0.4) is 0 Å². The first kappa shape index (κ1) is 9.51. The van der Waals surface area contributed by atoms with Crippen LogP contribution < -0.4 is 0 Å². The van der Waals surface area contributed by atoms with E-state index in [0.29, 0.717) is 0 Å². The quantitative estimate of drug-likeness (QED) is 0.623. The molecule has 2 heteroatoms. The lowest BCUT2D eigenvalue weighted by atomic mass is 10.2. The van der Waals surface area contributed by atoms with E-state index in [1.165, 1.54) is 0 Å². The topological polar surface area (TPSA) is 0 Å². The van der Waals surface area contributed by atoms with Gasteiger partial charge in [0.05, 0.1) is 10.8 Å². The van der Waals surface area contributed by atoms with Gasteiger partial charge in [-0.2, -0.15) is 11.8 Å². The van der Waals surface area contributed by atoms with Gasteiger partial charge < -0.3 is 0 Å². The van der Waals surface area contributed by atoms with E-state index in [1.54, 1.807) is 11.8 Å². The molecule has 1 aromatic carbocycles. The van der Waals surface area contributed by atoms with Crippen LogP contribution in [0.15, 0.2) is 24.3 Å². The predicted molar refractivity (Wildman–Crippen MR) is 56.7 cm³/mol.